The normalized spacial score (nSPS) is 21.9. The summed E-state index contributed by atoms with van der Waals surface area (Å²) in [6.45, 7) is 4.23. The smallest absolute Gasteiger partial charge is 0.328 e. The van der Waals surface area contributed by atoms with E-state index < -0.39 is 11.5 Å². The number of nitrogens with zero attached hydrogens (tertiary/aromatic N) is 2. The maximum Gasteiger partial charge on any atom is 0.328 e. The summed E-state index contributed by atoms with van der Waals surface area (Å²) in [5.41, 5.74) is 2.16. The predicted molar refractivity (Wildman–Crippen MR) is 94.3 cm³/mol. The highest BCUT2D eigenvalue weighted by molar-refractivity contribution is 6.08. The largest absolute Gasteiger partial charge is 0.466 e. The first-order valence-electron chi connectivity index (χ1n) is 8.83. The van der Waals surface area contributed by atoms with Gasteiger partial charge < -0.3 is 14.6 Å². The van der Waals surface area contributed by atoms with Crippen molar-refractivity contribution < 1.29 is 19.1 Å². The van der Waals surface area contributed by atoms with E-state index in [1.165, 1.54) is 4.90 Å². The number of hydrogen-bond acceptors (Lipinski definition) is 4. The summed E-state index contributed by atoms with van der Waals surface area (Å²) < 4.78 is 4.90. The van der Waals surface area contributed by atoms with Gasteiger partial charge in [0.15, 0.2) is 0 Å². The van der Waals surface area contributed by atoms with Crippen LogP contribution in [0, 0.1) is 0 Å². The summed E-state index contributed by atoms with van der Waals surface area (Å²) in [6, 6.07) is 7.62. The van der Waals surface area contributed by atoms with Crippen LogP contribution < -0.4 is 0 Å². The van der Waals surface area contributed by atoms with Crippen LogP contribution in [0.25, 0.3) is 10.9 Å². The number of aromatic nitrogens is 1. The summed E-state index contributed by atoms with van der Waals surface area (Å²) >= 11 is 0. The Morgan fingerprint density at radius 1 is 1.31 bits per heavy atom. The van der Waals surface area contributed by atoms with Crippen molar-refractivity contribution in [3.8, 4) is 0 Å². The Labute approximate surface area is 150 Å². The molecule has 1 saturated heterocycles. The van der Waals surface area contributed by atoms with Gasteiger partial charge in [0.2, 0.25) is 0 Å². The van der Waals surface area contributed by atoms with Gasteiger partial charge in [0.25, 0.3) is 5.91 Å². The number of imide groups is 1. The fraction of sp³-hybridized carbons (Fsp3) is 0.421. The van der Waals surface area contributed by atoms with E-state index in [0.29, 0.717) is 13.0 Å². The number of urea groups is 1. The van der Waals surface area contributed by atoms with E-state index in [9.17, 15) is 14.4 Å². The molecule has 7 heteroatoms. The van der Waals surface area contributed by atoms with Gasteiger partial charge >= 0.3 is 12.0 Å². The lowest BCUT2D eigenvalue weighted by molar-refractivity contribution is -0.143. The van der Waals surface area contributed by atoms with Crippen LogP contribution in [0.2, 0.25) is 0 Å². The second-order valence-corrected chi connectivity index (χ2v) is 6.96. The van der Waals surface area contributed by atoms with Gasteiger partial charge in [0.1, 0.15) is 5.54 Å². The molecule has 1 N–H and O–H groups in total. The number of ether oxygens (including phenoxy) is 1. The fourth-order valence-electron chi connectivity index (χ4n) is 3.99. The summed E-state index contributed by atoms with van der Waals surface area (Å²) in [5.74, 6) is -0.651. The Morgan fingerprint density at radius 3 is 2.85 bits per heavy atom. The molecule has 1 atom stereocenters. The van der Waals surface area contributed by atoms with Crippen LogP contribution in [0.4, 0.5) is 4.79 Å². The van der Waals surface area contributed by atoms with Crippen molar-refractivity contribution in [1.29, 1.82) is 0 Å². The minimum atomic E-state index is -0.913. The lowest BCUT2D eigenvalue weighted by atomic mass is 9.86. The number of para-hydroxylation sites is 1. The van der Waals surface area contributed by atoms with Gasteiger partial charge in [-0.2, -0.15) is 0 Å². The summed E-state index contributed by atoms with van der Waals surface area (Å²) in [7, 11) is 0. The van der Waals surface area contributed by atoms with Crippen LogP contribution in [0.15, 0.2) is 24.3 Å². The molecule has 3 heterocycles. The van der Waals surface area contributed by atoms with Gasteiger partial charge in [0, 0.05) is 29.6 Å². The van der Waals surface area contributed by atoms with Crippen molar-refractivity contribution >= 4 is 28.8 Å². The molecule has 26 heavy (non-hydrogen) atoms. The van der Waals surface area contributed by atoms with Crippen molar-refractivity contribution in [2.45, 2.75) is 38.8 Å². The zero-order valence-corrected chi connectivity index (χ0v) is 14.9. The van der Waals surface area contributed by atoms with E-state index in [-0.39, 0.29) is 31.5 Å². The molecule has 0 spiro atoms. The van der Waals surface area contributed by atoms with Gasteiger partial charge in [-0.3, -0.25) is 14.5 Å². The van der Waals surface area contributed by atoms with Crippen LogP contribution in [0.5, 0.6) is 0 Å². The summed E-state index contributed by atoms with van der Waals surface area (Å²) in [5, 5.41) is 1.09. The highest BCUT2D eigenvalue weighted by atomic mass is 16.5. The SMILES string of the molecule is CCOC(=O)CCN1C(=O)N2Cc3[nH]c4ccccc4c3CC2(C)C1=O. The second kappa shape index (κ2) is 5.86. The number of benzene rings is 1. The summed E-state index contributed by atoms with van der Waals surface area (Å²) in [6.07, 6.45) is 0.482. The minimum Gasteiger partial charge on any atom is -0.466 e. The Bertz CT molecular complexity index is 919. The fourth-order valence-corrected chi connectivity index (χ4v) is 3.99. The zero-order chi connectivity index (χ0) is 18.5. The van der Waals surface area contributed by atoms with E-state index in [1.54, 1.807) is 11.8 Å². The maximum absolute atomic E-state index is 13.0. The average Bonchev–Trinajstić information content (AvgIpc) is 3.06. The molecular weight excluding hydrogens is 334 g/mol. The molecule has 1 unspecified atom stereocenters. The molecule has 2 aliphatic rings. The van der Waals surface area contributed by atoms with Crippen LogP contribution in [0.3, 0.4) is 0 Å². The van der Waals surface area contributed by atoms with Crippen LogP contribution in [0.1, 0.15) is 31.5 Å². The Kier molecular flexibility index (Phi) is 3.75. The molecule has 0 radical (unpaired) electrons. The number of carbonyl (C=O) groups excluding carboxylic acids is 3. The first-order valence-corrected chi connectivity index (χ1v) is 8.83. The third-order valence-corrected chi connectivity index (χ3v) is 5.35. The Balaban J connectivity index is 1.62. The van der Waals surface area contributed by atoms with E-state index >= 15 is 0 Å². The first kappa shape index (κ1) is 16.6. The van der Waals surface area contributed by atoms with Crippen LogP contribution in [-0.2, 0) is 27.3 Å². The molecule has 1 fully saturated rings. The topological polar surface area (TPSA) is 82.7 Å². The number of H-pyrrole nitrogens is 1. The van der Waals surface area contributed by atoms with Crippen molar-refractivity contribution in [3.63, 3.8) is 0 Å². The highest BCUT2D eigenvalue weighted by Crippen LogP contribution is 2.40. The van der Waals surface area contributed by atoms with Gasteiger partial charge in [-0.1, -0.05) is 18.2 Å². The Hall–Kier alpha value is -2.83. The van der Waals surface area contributed by atoms with Gasteiger partial charge in [0.05, 0.1) is 19.6 Å². The molecule has 0 aliphatic carbocycles. The predicted octanol–water partition coefficient (Wildman–Crippen LogP) is 2.20. The lowest BCUT2D eigenvalue weighted by Crippen LogP contribution is -2.51. The molecular formula is C19H21N3O4. The van der Waals surface area contributed by atoms with Crippen LogP contribution >= 0.6 is 0 Å². The minimum absolute atomic E-state index is 0.0173. The summed E-state index contributed by atoms with van der Waals surface area (Å²) in [4.78, 5) is 43.6. The quantitative estimate of drug-likeness (QED) is 0.673. The second-order valence-electron chi connectivity index (χ2n) is 6.96. The maximum atomic E-state index is 13.0. The van der Waals surface area contributed by atoms with Gasteiger partial charge in [-0.15, -0.1) is 0 Å². The van der Waals surface area contributed by atoms with Gasteiger partial charge in [-0.25, -0.2) is 4.79 Å². The number of amides is 3. The number of rotatable bonds is 4. The number of aromatic amines is 1. The van der Waals surface area contributed by atoms with Crippen molar-refractivity contribution in [2.24, 2.45) is 0 Å². The van der Waals surface area contributed by atoms with Crippen molar-refractivity contribution in [3.05, 3.63) is 35.5 Å². The highest BCUT2D eigenvalue weighted by Gasteiger charge is 2.56. The average molecular weight is 355 g/mol. The van der Waals surface area contributed by atoms with E-state index in [4.69, 9.17) is 4.74 Å². The molecule has 0 bridgehead atoms. The number of hydrogen-bond donors (Lipinski definition) is 1. The van der Waals surface area contributed by atoms with Crippen LogP contribution in [-0.4, -0.2) is 51.4 Å². The van der Waals surface area contributed by atoms with E-state index in [1.807, 2.05) is 31.2 Å². The molecule has 2 aromatic rings. The molecule has 1 aromatic heterocycles. The zero-order valence-electron chi connectivity index (χ0n) is 14.9. The van der Waals surface area contributed by atoms with Crippen molar-refractivity contribution in [1.82, 2.24) is 14.8 Å². The molecule has 4 rings (SSSR count). The first-order chi connectivity index (χ1) is 12.5. The van der Waals surface area contributed by atoms with E-state index in [2.05, 4.69) is 4.98 Å². The number of nitrogens with one attached hydrogen (secondary N) is 1. The molecule has 136 valence electrons. The standard InChI is InChI=1S/C19H21N3O4/c1-3-26-16(23)8-9-21-17(24)19(2)10-13-12-6-4-5-7-14(12)20-15(13)11-22(19)18(21)25/h4-7,20H,3,8-11H2,1-2H3. The van der Waals surface area contributed by atoms with E-state index in [0.717, 1.165) is 22.2 Å². The lowest BCUT2D eigenvalue weighted by Gasteiger charge is -2.35. The molecule has 1 aromatic carbocycles. The molecule has 0 saturated carbocycles. The van der Waals surface area contributed by atoms with Gasteiger partial charge in [-0.05, 0) is 25.5 Å². The third-order valence-electron chi connectivity index (χ3n) is 5.35. The monoisotopic (exact) mass is 355 g/mol. The third kappa shape index (κ3) is 2.30. The van der Waals surface area contributed by atoms with Crippen molar-refractivity contribution in [2.75, 3.05) is 13.2 Å². The molecule has 2 aliphatic heterocycles. The Morgan fingerprint density at radius 2 is 2.08 bits per heavy atom. The number of fused-ring (bicyclic) bond motifs is 4. The molecule has 3 amide bonds. The molecule has 7 nitrogen and oxygen atoms in total. The number of carbonyl (C=O) groups is 3. The number of esters is 1.